The molecular weight excluding hydrogens is 1290 g/mol. The zero-order valence-corrected chi connectivity index (χ0v) is 42.5. The van der Waals surface area contributed by atoms with Gasteiger partial charge in [0.05, 0.1) is 0 Å². The summed E-state index contributed by atoms with van der Waals surface area (Å²) < 4.78 is 554. The molecule has 3 aromatic carbocycles. The molecule has 0 heterocycles. The van der Waals surface area contributed by atoms with Crippen molar-refractivity contribution in [2.75, 3.05) is 0 Å². The summed E-state index contributed by atoms with van der Waals surface area (Å²) >= 11 is -16.2. The van der Waals surface area contributed by atoms with Crippen LogP contribution in [0, 0.1) is 0 Å². The molecule has 0 N–H and O–H groups in total. The standard InChI is InChI=1S/C19H15.4C4F9O.3C2H5.2Al/c1-4-10-16(11-5-1)19(17-12-6-2-7-13-17)18-14-8-3-9-15-18;4*5-2(6,7)1(14,3(8,9)10)4(11,12)13;3*1-2;;/h1-15H;;;;;3*1H2,2H3;;/q;4*-1;;;;;+2. The molecule has 4 nitrogen and oxygen atoms in total. The number of hydrogen-bond donors (Lipinski definition) is 0. The third kappa shape index (κ3) is 12.2. The summed E-state index contributed by atoms with van der Waals surface area (Å²) in [6.07, 6.45) is -119. The molecule has 0 saturated carbocycles. The minimum atomic E-state index is -16.0. The van der Waals surface area contributed by atoms with E-state index in [-0.39, 0.29) is 32.3 Å². The molecule has 0 aliphatic rings. The first-order valence-electron chi connectivity index (χ1n) is 21.7. The van der Waals surface area contributed by atoms with Gasteiger partial charge in [0.1, 0.15) is 0 Å². The van der Waals surface area contributed by atoms with Crippen molar-refractivity contribution in [1.29, 1.82) is 0 Å². The molecule has 0 aliphatic heterocycles. The van der Waals surface area contributed by atoms with Crippen LogP contribution in [0.3, 0.4) is 0 Å². The number of halogens is 36. The molecule has 0 unspecified atom stereocenters. The Morgan fingerprint density at radius 2 is 0.386 bits per heavy atom. The van der Waals surface area contributed by atoms with Crippen LogP contribution in [0.1, 0.15) is 37.5 Å². The molecule has 0 radical (unpaired) electrons. The van der Waals surface area contributed by atoms with Crippen LogP contribution in [0.5, 0.6) is 0 Å². The van der Waals surface area contributed by atoms with E-state index in [9.17, 15) is 0 Å². The second-order valence-corrected chi connectivity index (χ2v) is 25.3. The van der Waals surface area contributed by atoms with E-state index in [1.165, 1.54) is 15.8 Å². The van der Waals surface area contributed by atoms with E-state index in [4.69, 9.17) is 0 Å². The fourth-order valence-electron chi connectivity index (χ4n) is 8.73. The Bertz CT molecular complexity index is 2100. The molecule has 0 aliphatic carbocycles. The summed E-state index contributed by atoms with van der Waals surface area (Å²) in [6.45, 7) is 6.97. The quantitative estimate of drug-likeness (QED) is 0.0863. The molecule has 0 aromatic heterocycles. The van der Waals surface area contributed by atoms with Gasteiger partial charge in [-0.2, -0.15) is 0 Å². The van der Waals surface area contributed by atoms with Crippen molar-refractivity contribution >= 4 is 27.5 Å². The SMILES string of the molecule is C[CH2][Al]([CH2]C)[CH2]C.FC(F)(F)C([O][Al-2]([O]C(C(F)(F)F)(C(F)(F)F)C(F)(F)F)([O]C(C(F)(F)F)(C(F)(F)F)C(F)(F)F)([O]C(C(F)(F)F)(C(F)(F)F)C(F)(F)F)[C](c1ccccc1)(c1ccccc1)c1ccccc1)(C(F)(F)F)C(F)(F)F. The average molecular weight is 1320 g/mol. The summed E-state index contributed by atoms with van der Waals surface area (Å²) in [4.78, 5) is 0. The van der Waals surface area contributed by atoms with Gasteiger partial charge in [-0.15, -0.1) is 0 Å². The van der Waals surface area contributed by atoms with Gasteiger partial charge >= 0.3 is 395 Å². The van der Waals surface area contributed by atoms with Crippen LogP contribution in [0.25, 0.3) is 0 Å². The normalized spacial score (nSPS) is 15.8. The molecule has 0 spiro atoms. The number of alkyl halides is 36. The van der Waals surface area contributed by atoms with Crippen molar-refractivity contribution < 1.29 is 173 Å². The maximum atomic E-state index is 15.4. The fourth-order valence-corrected chi connectivity index (χ4v) is 17.7. The second-order valence-electron chi connectivity index (χ2n) is 17.2. The predicted octanol–water partition coefficient (Wildman–Crippen LogP) is 18.3. The van der Waals surface area contributed by atoms with E-state index in [1.807, 2.05) is 0 Å². The molecule has 0 amide bonds. The summed E-state index contributed by atoms with van der Waals surface area (Å²) in [7, 11) is 0. The van der Waals surface area contributed by atoms with Crippen LogP contribution in [-0.4, -0.2) is 124 Å². The Morgan fingerprint density at radius 3 is 0.482 bits per heavy atom. The Kier molecular flexibility index (Phi) is 20.8. The van der Waals surface area contributed by atoms with Gasteiger partial charge in [0.2, 0.25) is 0 Å². The first-order chi connectivity index (χ1) is 36.6. The monoisotopic (exact) mass is 1320 g/mol. The average Bonchev–Trinajstić information content (AvgIpc) is 3.26. The maximum absolute atomic E-state index is 16.0. The van der Waals surface area contributed by atoms with Crippen LogP contribution in [0.4, 0.5) is 158 Å². The molecule has 0 fully saturated rings. The molecule has 478 valence electrons. The van der Waals surface area contributed by atoms with Crippen LogP contribution in [0.15, 0.2) is 91.0 Å². The molecule has 83 heavy (non-hydrogen) atoms. The minimum absolute atomic E-state index is 0.0125. The van der Waals surface area contributed by atoms with Crippen LogP contribution in [0.2, 0.25) is 15.8 Å². The van der Waals surface area contributed by atoms with E-state index in [2.05, 4.69) is 35.9 Å². The Balaban J connectivity index is 0.00000314. The molecule has 3 rings (SSSR count). The Hall–Kier alpha value is -3.96. The van der Waals surface area contributed by atoms with Crippen molar-refractivity contribution in [1.82, 2.24) is 0 Å². The molecule has 3 aromatic rings. The number of hydrogen-bond acceptors (Lipinski definition) is 4. The van der Waals surface area contributed by atoms with E-state index in [0.717, 1.165) is 0 Å². The first-order valence-corrected chi connectivity index (χ1v) is 26.6. The van der Waals surface area contributed by atoms with Gasteiger partial charge in [-0.25, -0.2) is 0 Å². The van der Waals surface area contributed by atoms with Crippen molar-refractivity contribution in [3.8, 4) is 0 Å². The van der Waals surface area contributed by atoms with Gasteiger partial charge < -0.3 is 0 Å². The van der Waals surface area contributed by atoms with E-state index in [1.54, 1.807) is 0 Å². The Morgan fingerprint density at radius 1 is 0.253 bits per heavy atom. The molecule has 42 heteroatoms. The summed E-state index contributed by atoms with van der Waals surface area (Å²) in [5, 5.41) is 4.48. The molecular formula is C41H30Al2F36O4-2. The fraction of sp³-hybridized carbons (Fsp3) is 0.561. The van der Waals surface area contributed by atoms with E-state index >= 15 is 158 Å². The van der Waals surface area contributed by atoms with Crippen molar-refractivity contribution in [3.63, 3.8) is 0 Å². The van der Waals surface area contributed by atoms with Crippen molar-refractivity contribution in [3.05, 3.63) is 108 Å². The van der Waals surface area contributed by atoms with E-state index < -0.39 is 204 Å². The topological polar surface area (TPSA) is 36.9 Å². The summed E-state index contributed by atoms with van der Waals surface area (Å²) in [5.74, 6) is 0. The Labute approximate surface area is 445 Å². The first kappa shape index (κ1) is 75.1. The van der Waals surface area contributed by atoms with E-state index in [0.29, 0.717) is 0 Å². The second kappa shape index (κ2) is 23.0. The summed E-state index contributed by atoms with van der Waals surface area (Å²) in [5.41, 5.74) is -51.9. The van der Waals surface area contributed by atoms with Gasteiger partial charge in [0.25, 0.3) is 14.1 Å². The van der Waals surface area contributed by atoms with Gasteiger partial charge in [-0.3, -0.25) is 0 Å². The third-order valence-corrected chi connectivity index (χ3v) is 21.4. The molecule has 0 saturated heterocycles. The third-order valence-electron chi connectivity index (χ3n) is 12.4. The number of benzene rings is 3. The zero-order chi connectivity index (χ0) is 65.8. The van der Waals surface area contributed by atoms with Gasteiger partial charge in [0, 0.05) is 0 Å². The van der Waals surface area contributed by atoms with Crippen LogP contribution < -0.4 is 0 Å². The number of rotatable bonds is 15. The van der Waals surface area contributed by atoms with Gasteiger partial charge in [-0.05, 0) is 0 Å². The molecule has 0 bridgehead atoms. The van der Waals surface area contributed by atoms with Crippen LogP contribution in [-0.2, 0) is 19.4 Å². The zero-order valence-electron chi connectivity index (χ0n) is 40.2. The van der Waals surface area contributed by atoms with Gasteiger partial charge in [0.15, 0.2) is 0 Å². The predicted molar refractivity (Wildman–Crippen MR) is 210 cm³/mol. The van der Waals surface area contributed by atoms with Crippen molar-refractivity contribution in [2.24, 2.45) is 0 Å². The van der Waals surface area contributed by atoms with Crippen LogP contribution >= 0.6 is 0 Å². The summed E-state index contributed by atoms with van der Waals surface area (Å²) in [6, 6.07) is -9.06. The van der Waals surface area contributed by atoms with Gasteiger partial charge in [-0.1, -0.05) is 36.6 Å². The molecule has 0 atom stereocenters. The van der Waals surface area contributed by atoms with Crippen molar-refractivity contribution in [2.45, 2.75) is 137 Å².